The molecule has 0 spiro atoms. The Kier molecular flexibility index (Phi) is 4.06. The average molecular weight is 252 g/mol. The van der Waals surface area contributed by atoms with Gasteiger partial charge in [0.1, 0.15) is 0 Å². The zero-order valence-corrected chi connectivity index (χ0v) is 10.1. The third-order valence-electron chi connectivity index (χ3n) is 2.67. The number of allylic oxidation sites excluding steroid dienone is 1. The van der Waals surface area contributed by atoms with Crippen molar-refractivity contribution in [2.24, 2.45) is 0 Å². The predicted octanol–water partition coefficient (Wildman–Crippen LogP) is 2.15. The number of hydrogen-bond acceptors (Lipinski definition) is 3. The molecule has 2 N–H and O–H groups in total. The van der Waals surface area contributed by atoms with E-state index in [1.165, 1.54) is 12.1 Å². The first kappa shape index (κ1) is 13.0. The van der Waals surface area contributed by atoms with Gasteiger partial charge in [0.15, 0.2) is 5.69 Å². The minimum Gasteiger partial charge on any atom is -0.595 e. The molecule has 0 amide bonds. The van der Waals surface area contributed by atoms with E-state index in [1.54, 1.807) is 18.2 Å². The molecule has 0 fully saturated rings. The van der Waals surface area contributed by atoms with Gasteiger partial charge >= 0.3 is 0 Å². The molecule has 4 heteroatoms. The Bertz CT molecular complexity index is 611. The largest absolute Gasteiger partial charge is 0.595 e. The van der Waals surface area contributed by atoms with Gasteiger partial charge in [0.2, 0.25) is 0 Å². The van der Waals surface area contributed by atoms with Crippen molar-refractivity contribution in [2.45, 2.75) is 0 Å². The molecular formula is C15H12N2O2. The van der Waals surface area contributed by atoms with E-state index < -0.39 is 5.23 Å². The van der Waals surface area contributed by atoms with E-state index in [2.05, 4.69) is 6.07 Å². The molecule has 94 valence electrons. The summed E-state index contributed by atoms with van der Waals surface area (Å²) in [5.74, 6) is 0. The van der Waals surface area contributed by atoms with Gasteiger partial charge < -0.3 is 5.21 Å². The Morgan fingerprint density at radius 1 is 1.11 bits per heavy atom. The van der Waals surface area contributed by atoms with Crippen molar-refractivity contribution in [1.29, 1.82) is 5.26 Å². The summed E-state index contributed by atoms with van der Waals surface area (Å²) in [6.45, 7) is 0. The zero-order chi connectivity index (χ0) is 13.7. The number of benzene rings is 2. The number of nitriles is 1. The first-order chi connectivity index (χ1) is 9.20. The van der Waals surface area contributed by atoms with Gasteiger partial charge in [-0.25, -0.2) is 5.21 Å². The Hall–Kier alpha value is -2.45. The molecule has 0 saturated carbocycles. The lowest BCUT2D eigenvalue weighted by molar-refractivity contribution is -0.991. The van der Waals surface area contributed by atoms with Crippen molar-refractivity contribution >= 4 is 17.3 Å². The number of rotatable bonds is 3. The first-order valence-electron chi connectivity index (χ1n) is 5.71. The summed E-state index contributed by atoms with van der Waals surface area (Å²) in [6, 6.07) is 17.9. The second-order valence-corrected chi connectivity index (χ2v) is 3.96. The molecule has 0 aliphatic rings. The lowest BCUT2D eigenvalue weighted by Gasteiger charge is -2.10. The van der Waals surface area contributed by atoms with Crippen molar-refractivity contribution in [3.63, 3.8) is 0 Å². The molecule has 1 atom stereocenters. The van der Waals surface area contributed by atoms with Gasteiger partial charge in [-0.2, -0.15) is 10.5 Å². The summed E-state index contributed by atoms with van der Waals surface area (Å²) >= 11 is 0. The summed E-state index contributed by atoms with van der Waals surface area (Å²) in [5, 5.41) is 27.8. The highest BCUT2D eigenvalue weighted by atomic mass is 16.8. The number of nitrogens with zero attached hydrogens (tertiary/aromatic N) is 1. The molecule has 2 rings (SSSR count). The number of hydrogen-bond donors (Lipinski definition) is 2. The van der Waals surface area contributed by atoms with Crippen molar-refractivity contribution in [2.75, 3.05) is 0 Å². The molecule has 2 aromatic rings. The van der Waals surface area contributed by atoms with Crippen LogP contribution >= 0.6 is 0 Å². The maximum absolute atomic E-state index is 10.7. The normalized spacial score (nSPS) is 12.8. The van der Waals surface area contributed by atoms with Crippen LogP contribution in [0.15, 0.2) is 54.6 Å². The Balaban J connectivity index is 2.31. The summed E-state index contributed by atoms with van der Waals surface area (Å²) in [5.41, 5.74) is 2.41. The second kappa shape index (κ2) is 5.94. The number of quaternary nitrogens is 1. The molecule has 0 heterocycles. The molecule has 1 unspecified atom stereocenters. The van der Waals surface area contributed by atoms with Crippen molar-refractivity contribution in [3.8, 4) is 6.07 Å². The van der Waals surface area contributed by atoms with E-state index >= 15 is 0 Å². The second-order valence-electron chi connectivity index (χ2n) is 3.96. The fourth-order valence-corrected chi connectivity index (χ4v) is 1.69. The van der Waals surface area contributed by atoms with Crippen LogP contribution in [-0.2, 0) is 0 Å². The maximum atomic E-state index is 10.7. The van der Waals surface area contributed by atoms with Crippen LogP contribution in [0.25, 0.3) is 11.6 Å². The molecule has 0 aromatic heterocycles. The summed E-state index contributed by atoms with van der Waals surface area (Å²) < 4.78 is 0. The third kappa shape index (κ3) is 3.27. The molecule has 0 bridgehead atoms. The van der Waals surface area contributed by atoms with Gasteiger partial charge in [-0.1, -0.05) is 30.3 Å². The number of nitrogens with one attached hydrogen (secondary N) is 1. The van der Waals surface area contributed by atoms with Gasteiger partial charge in [-0.05, 0) is 29.3 Å². The lowest BCUT2D eigenvalue weighted by atomic mass is 10.0. The fourth-order valence-electron chi connectivity index (χ4n) is 1.69. The van der Waals surface area contributed by atoms with Crippen LogP contribution in [0.5, 0.6) is 0 Å². The average Bonchev–Trinajstić information content (AvgIpc) is 2.46. The predicted molar refractivity (Wildman–Crippen MR) is 72.1 cm³/mol. The monoisotopic (exact) mass is 252 g/mol. The lowest BCUT2D eigenvalue weighted by Crippen LogP contribution is -2.99. The van der Waals surface area contributed by atoms with Crippen LogP contribution < -0.4 is 5.23 Å². The highest BCUT2D eigenvalue weighted by molar-refractivity contribution is 5.89. The Morgan fingerprint density at radius 2 is 1.74 bits per heavy atom. The molecular weight excluding hydrogens is 240 g/mol. The SMILES string of the molecule is N#C/C(=C/c1ccc([NH+]([O-])O)cc1)c1ccccc1. The van der Waals surface area contributed by atoms with Crippen molar-refractivity contribution < 1.29 is 10.4 Å². The van der Waals surface area contributed by atoms with Crippen LogP contribution in [-0.4, -0.2) is 5.21 Å². The van der Waals surface area contributed by atoms with Crippen molar-refractivity contribution in [1.82, 2.24) is 0 Å². The minimum absolute atomic E-state index is 0.232. The van der Waals surface area contributed by atoms with E-state index in [1.807, 2.05) is 30.3 Å². The highest BCUT2D eigenvalue weighted by Gasteiger charge is 2.02. The first-order valence-corrected chi connectivity index (χ1v) is 5.71. The van der Waals surface area contributed by atoms with Crippen molar-refractivity contribution in [3.05, 3.63) is 70.9 Å². The van der Waals surface area contributed by atoms with Crippen LogP contribution in [0.1, 0.15) is 11.1 Å². The summed E-state index contributed by atoms with van der Waals surface area (Å²) in [6.07, 6.45) is 1.74. The molecule has 2 aromatic carbocycles. The van der Waals surface area contributed by atoms with Gasteiger partial charge in [0, 0.05) is 12.1 Å². The molecule has 0 radical (unpaired) electrons. The van der Waals surface area contributed by atoms with E-state index in [0.29, 0.717) is 5.57 Å². The standard InChI is InChI=1S/C15H12N2O2/c16-11-14(13-4-2-1-3-5-13)10-12-6-8-15(9-7-12)17(18)19/h1-10,17-18H/b14-10-. The Morgan fingerprint density at radius 3 is 2.26 bits per heavy atom. The van der Waals surface area contributed by atoms with E-state index in [4.69, 9.17) is 5.21 Å². The summed E-state index contributed by atoms with van der Waals surface area (Å²) in [7, 11) is 0. The van der Waals surface area contributed by atoms with Gasteiger partial charge in [0.25, 0.3) is 0 Å². The van der Waals surface area contributed by atoms with Gasteiger partial charge in [0.05, 0.1) is 11.6 Å². The molecule has 0 aliphatic heterocycles. The fraction of sp³-hybridized carbons (Fsp3) is 0. The molecule has 0 saturated heterocycles. The van der Waals surface area contributed by atoms with Crippen LogP contribution in [0.4, 0.5) is 5.69 Å². The topological polar surface area (TPSA) is 71.5 Å². The van der Waals surface area contributed by atoms with E-state index in [9.17, 15) is 10.5 Å². The van der Waals surface area contributed by atoms with Gasteiger partial charge in [-0.15, -0.1) is 0 Å². The van der Waals surface area contributed by atoms with Gasteiger partial charge in [-0.3, -0.25) is 0 Å². The van der Waals surface area contributed by atoms with Crippen LogP contribution in [0, 0.1) is 16.5 Å². The van der Waals surface area contributed by atoms with E-state index in [-0.39, 0.29) is 5.69 Å². The quantitative estimate of drug-likeness (QED) is 0.499. The Labute approximate surface area is 111 Å². The van der Waals surface area contributed by atoms with Crippen LogP contribution in [0.2, 0.25) is 0 Å². The zero-order valence-electron chi connectivity index (χ0n) is 10.1. The van der Waals surface area contributed by atoms with E-state index in [0.717, 1.165) is 11.1 Å². The highest BCUT2D eigenvalue weighted by Crippen LogP contribution is 2.17. The minimum atomic E-state index is -0.959. The van der Waals surface area contributed by atoms with Crippen LogP contribution in [0.3, 0.4) is 0 Å². The molecule has 19 heavy (non-hydrogen) atoms. The maximum Gasteiger partial charge on any atom is 0.163 e. The molecule has 4 nitrogen and oxygen atoms in total. The third-order valence-corrected chi connectivity index (χ3v) is 2.67. The molecule has 0 aliphatic carbocycles. The summed E-state index contributed by atoms with van der Waals surface area (Å²) in [4.78, 5) is 0. The smallest absolute Gasteiger partial charge is 0.163 e.